The van der Waals surface area contributed by atoms with E-state index in [0.29, 0.717) is 17.5 Å². The average molecular weight is 438 g/mol. The minimum atomic E-state index is -0.0402. The van der Waals surface area contributed by atoms with Crippen LogP contribution in [-0.2, 0) is 19.5 Å². The molecule has 4 aromatic rings. The first-order valence-corrected chi connectivity index (χ1v) is 10.9. The Kier molecular flexibility index (Phi) is 5.02. The molecule has 8 heteroatoms. The predicted octanol–water partition coefficient (Wildman–Crippen LogP) is 4.10. The lowest BCUT2D eigenvalue weighted by atomic mass is 10.1. The van der Waals surface area contributed by atoms with Gasteiger partial charge in [-0.3, -0.25) is 9.78 Å². The Morgan fingerprint density at radius 1 is 1.17 bits per heavy atom. The van der Waals surface area contributed by atoms with Crippen molar-refractivity contribution < 1.29 is 0 Å². The molecule has 1 aliphatic heterocycles. The van der Waals surface area contributed by atoms with Crippen LogP contribution in [0.15, 0.2) is 53.6 Å². The largest absolute Gasteiger partial charge is 0.351 e. The van der Waals surface area contributed by atoms with Gasteiger partial charge in [0, 0.05) is 41.9 Å². The van der Waals surface area contributed by atoms with Crippen LogP contribution in [0.1, 0.15) is 16.0 Å². The second kappa shape index (κ2) is 7.83. The maximum absolute atomic E-state index is 13.7. The summed E-state index contributed by atoms with van der Waals surface area (Å²) in [5.74, 6) is 0.526. The first-order chi connectivity index (χ1) is 14.6. The van der Waals surface area contributed by atoms with Crippen LogP contribution in [0.25, 0.3) is 15.9 Å². The normalized spacial score (nSPS) is 14.1. The molecule has 4 heterocycles. The van der Waals surface area contributed by atoms with Gasteiger partial charge in [0.05, 0.1) is 11.1 Å². The first kappa shape index (κ1) is 19.2. The number of hydrogen-bond donors (Lipinski definition) is 1. The molecule has 1 aliphatic rings. The summed E-state index contributed by atoms with van der Waals surface area (Å²) in [6.07, 6.45) is 4.38. The molecule has 0 atom stereocenters. The van der Waals surface area contributed by atoms with Crippen molar-refractivity contribution in [3.05, 3.63) is 80.2 Å². The van der Waals surface area contributed by atoms with Gasteiger partial charge in [0.2, 0.25) is 5.95 Å². The van der Waals surface area contributed by atoms with E-state index >= 15 is 0 Å². The Balaban J connectivity index is 1.67. The molecular weight excluding hydrogens is 418 g/mol. The van der Waals surface area contributed by atoms with Crippen LogP contribution in [-0.4, -0.2) is 33.0 Å². The number of nitrogens with zero attached hydrogens (tertiary/aromatic N) is 4. The lowest BCUT2D eigenvalue weighted by Crippen LogP contribution is -2.27. The highest BCUT2D eigenvalue weighted by Crippen LogP contribution is 2.33. The third-order valence-corrected chi connectivity index (χ3v) is 6.71. The summed E-state index contributed by atoms with van der Waals surface area (Å²) in [6, 6.07) is 11.2. The zero-order valence-corrected chi connectivity index (χ0v) is 18.0. The summed E-state index contributed by atoms with van der Waals surface area (Å²) < 4.78 is 1.66. The van der Waals surface area contributed by atoms with Crippen LogP contribution in [0, 0.1) is 0 Å². The van der Waals surface area contributed by atoms with Crippen LogP contribution < -0.4 is 10.9 Å². The van der Waals surface area contributed by atoms with E-state index in [2.05, 4.69) is 22.2 Å². The lowest BCUT2D eigenvalue weighted by molar-refractivity contribution is 0.318. The lowest BCUT2D eigenvalue weighted by Gasteiger charge is -2.21. The minimum Gasteiger partial charge on any atom is -0.351 e. The highest BCUT2D eigenvalue weighted by molar-refractivity contribution is 7.18. The predicted molar refractivity (Wildman–Crippen MR) is 122 cm³/mol. The van der Waals surface area contributed by atoms with Gasteiger partial charge in [0.1, 0.15) is 4.83 Å². The quantitative estimate of drug-likeness (QED) is 0.521. The molecule has 0 fully saturated rings. The smallest absolute Gasteiger partial charge is 0.268 e. The van der Waals surface area contributed by atoms with E-state index in [-0.39, 0.29) is 5.56 Å². The van der Waals surface area contributed by atoms with Crippen molar-refractivity contribution in [2.24, 2.45) is 0 Å². The van der Waals surface area contributed by atoms with Crippen molar-refractivity contribution in [2.45, 2.75) is 19.5 Å². The van der Waals surface area contributed by atoms with Gasteiger partial charge in [-0.25, -0.2) is 9.55 Å². The Morgan fingerprint density at radius 3 is 2.70 bits per heavy atom. The van der Waals surface area contributed by atoms with Crippen LogP contribution in [0.5, 0.6) is 0 Å². The molecule has 5 rings (SSSR count). The zero-order valence-electron chi connectivity index (χ0n) is 16.4. The Bertz CT molecular complexity index is 1270. The van der Waals surface area contributed by atoms with Crippen molar-refractivity contribution in [1.29, 1.82) is 0 Å². The van der Waals surface area contributed by atoms with Crippen LogP contribution in [0.4, 0.5) is 5.95 Å². The molecule has 0 spiro atoms. The fraction of sp³-hybridized carbons (Fsp3) is 0.227. The number of likely N-dealkylation sites (N-methyl/N-ethyl adjacent to an activating group) is 1. The number of aromatic nitrogens is 3. The standard InChI is InChI=1S/C22H20ClN5OS/c1-27-11-8-17-18(13-27)30-20-19(17)21(29)28(16-4-2-15(23)3-5-16)22(26-20)25-12-14-6-9-24-10-7-14/h2-7,9-10H,8,11-13H2,1H3,(H,25,26). The van der Waals surface area contributed by atoms with Crippen LogP contribution >= 0.6 is 22.9 Å². The molecule has 6 nitrogen and oxygen atoms in total. The Morgan fingerprint density at radius 2 is 1.93 bits per heavy atom. The number of thiophene rings is 1. The summed E-state index contributed by atoms with van der Waals surface area (Å²) in [6.45, 7) is 2.35. The number of anilines is 1. The SMILES string of the molecule is CN1CCc2c(sc3nc(NCc4ccncc4)n(-c4ccc(Cl)cc4)c(=O)c23)C1. The van der Waals surface area contributed by atoms with E-state index in [0.717, 1.165) is 46.5 Å². The summed E-state index contributed by atoms with van der Waals surface area (Å²) >= 11 is 7.70. The van der Waals surface area contributed by atoms with Crippen molar-refractivity contribution >= 4 is 39.1 Å². The summed E-state index contributed by atoms with van der Waals surface area (Å²) in [4.78, 5) is 26.9. The van der Waals surface area contributed by atoms with E-state index in [1.165, 1.54) is 4.88 Å². The Labute approximate surface area is 182 Å². The monoisotopic (exact) mass is 437 g/mol. The number of nitrogens with one attached hydrogen (secondary N) is 1. The van der Waals surface area contributed by atoms with E-state index in [9.17, 15) is 4.79 Å². The Hall–Kier alpha value is -2.74. The first-order valence-electron chi connectivity index (χ1n) is 9.75. The second-order valence-electron chi connectivity index (χ2n) is 7.43. The van der Waals surface area contributed by atoms with Gasteiger partial charge in [-0.2, -0.15) is 0 Å². The fourth-order valence-electron chi connectivity index (χ4n) is 3.80. The molecule has 1 aromatic carbocycles. The average Bonchev–Trinajstić information content (AvgIpc) is 3.11. The number of pyridine rings is 1. The maximum atomic E-state index is 13.7. The van der Waals surface area contributed by atoms with E-state index in [4.69, 9.17) is 16.6 Å². The minimum absolute atomic E-state index is 0.0402. The molecule has 0 radical (unpaired) electrons. The molecule has 0 saturated carbocycles. The highest BCUT2D eigenvalue weighted by atomic mass is 35.5. The zero-order chi connectivity index (χ0) is 20.7. The van der Waals surface area contributed by atoms with Gasteiger partial charge in [0.25, 0.3) is 5.56 Å². The van der Waals surface area contributed by atoms with Gasteiger partial charge in [-0.05, 0) is 61.0 Å². The second-order valence-corrected chi connectivity index (χ2v) is 8.95. The summed E-state index contributed by atoms with van der Waals surface area (Å²) in [7, 11) is 2.11. The van der Waals surface area contributed by atoms with Gasteiger partial charge >= 0.3 is 0 Å². The number of benzene rings is 1. The molecule has 30 heavy (non-hydrogen) atoms. The third kappa shape index (κ3) is 3.49. The molecule has 0 saturated heterocycles. The van der Waals surface area contributed by atoms with Gasteiger partial charge < -0.3 is 10.2 Å². The van der Waals surface area contributed by atoms with Gasteiger partial charge in [-0.1, -0.05) is 11.6 Å². The molecular formula is C22H20ClN5OS. The third-order valence-electron chi connectivity index (χ3n) is 5.35. The number of halogens is 1. The van der Waals surface area contributed by atoms with E-state index in [1.54, 1.807) is 40.4 Å². The highest BCUT2D eigenvalue weighted by Gasteiger charge is 2.24. The molecule has 3 aromatic heterocycles. The molecule has 152 valence electrons. The van der Waals surface area contributed by atoms with Crippen molar-refractivity contribution in [3.8, 4) is 5.69 Å². The molecule has 0 unspecified atom stereocenters. The number of fused-ring (bicyclic) bond motifs is 3. The van der Waals surface area contributed by atoms with Crippen LogP contribution in [0.2, 0.25) is 5.02 Å². The van der Waals surface area contributed by atoms with Crippen molar-refractivity contribution in [1.82, 2.24) is 19.4 Å². The summed E-state index contributed by atoms with van der Waals surface area (Å²) in [5.41, 5.74) is 2.91. The maximum Gasteiger partial charge on any atom is 0.268 e. The number of hydrogen-bond acceptors (Lipinski definition) is 6. The van der Waals surface area contributed by atoms with Crippen molar-refractivity contribution in [3.63, 3.8) is 0 Å². The van der Waals surface area contributed by atoms with Crippen LogP contribution in [0.3, 0.4) is 0 Å². The van der Waals surface area contributed by atoms with Gasteiger partial charge in [0.15, 0.2) is 0 Å². The molecule has 0 amide bonds. The molecule has 0 aliphatic carbocycles. The summed E-state index contributed by atoms with van der Waals surface area (Å²) in [5, 5.41) is 4.72. The van der Waals surface area contributed by atoms with Gasteiger partial charge in [-0.15, -0.1) is 11.3 Å². The van der Waals surface area contributed by atoms with E-state index in [1.807, 2.05) is 24.3 Å². The topological polar surface area (TPSA) is 63.1 Å². The molecule has 0 bridgehead atoms. The number of rotatable bonds is 4. The van der Waals surface area contributed by atoms with E-state index < -0.39 is 0 Å². The van der Waals surface area contributed by atoms with Crippen molar-refractivity contribution in [2.75, 3.05) is 18.9 Å². The fourth-order valence-corrected chi connectivity index (χ4v) is 5.22. The molecule has 1 N–H and O–H groups in total.